The summed E-state index contributed by atoms with van der Waals surface area (Å²) in [5, 5.41) is 4.06. The Bertz CT molecular complexity index is 1010. The maximum atomic E-state index is 13.9. The SMILES string of the molecule is CCCC(Cn1nc(OCc2ccccc2/C(=C\OC)C(=O)OC)c(C(F)(F)F)c1Br)OCOC. The third kappa shape index (κ3) is 7.71. The molecule has 0 aliphatic heterocycles. The zero-order chi connectivity index (χ0) is 26.0. The molecule has 0 radical (unpaired) electrons. The first-order chi connectivity index (χ1) is 16.7. The Labute approximate surface area is 210 Å². The Hall–Kier alpha value is -2.57. The second kappa shape index (κ2) is 13.5. The molecule has 0 spiro atoms. The molecule has 1 heterocycles. The Morgan fingerprint density at radius 3 is 2.54 bits per heavy atom. The average molecular weight is 565 g/mol. The lowest BCUT2D eigenvalue weighted by molar-refractivity contribution is -0.139. The van der Waals surface area contributed by atoms with Gasteiger partial charge in [-0.2, -0.15) is 13.2 Å². The number of carbonyl (C=O) groups is 1. The Kier molecular flexibility index (Phi) is 11.1. The average Bonchev–Trinajstić information content (AvgIpc) is 3.14. The molecule has 1 aromatic heterocycles. The zero-order valence-electron chi connectivity index (χ0n) is 19.9. The Balaban J connectivity index is 2.38. The number of alkyl halides is 3. The lowest BCUT2D eigenvalue weighted by atomic mass is 10.0. The van der Waals surface area contributed by atoms with Gasteiger partial charge in [-0.05, 0) is 33.5 Å². The fraction of sp³-hybridized carbons (Fsp3) is 0.478. The summed E-state index contributed by atoms with van der Waals surface area (Å²) in [6.07, 6.45) is -2.58. The largest absolute Gasteiger partial charge is 0.503 e. The molecular formula is C23H28BrF3N2O6. The van der Waals surface area contributed by atoms with Gasteiger partial charge in [-0.15, -0.1) is 5.10 Å². The second-order valence-corrected chi connectivity index (χ2v) is 8.09. The van der Waals surface area contributed by atoms with E-state index in [1.54, 1.807) is 24.3 Å². The first kappa shape index (κ1) is 28.7. The van der Waals surface area contributed by atoms with Crippen LogP contribution in [0.4, 0.5) is 13.2 Å². The van der Waals surface area contributed by atoms with Crippen LogP contribution in [0.3, 0.4) is 0 Å². The van der Waals surface area contributed by atoms with Gasteiger partial charge >= 0.3 is 12.1 Å². The van der Waals surface area contributed by atoms with E-state index in [-0.39, 0.29) is 30.1 Å². The first-order valence-electron chi connectivity index (χ1n) is 10.6. The van der Waals surface area contributed by atoms with E-state index in [2.05, 4.69) is 21.0 Å². The molecule has 194 valence electrons. The van der Waals surface area contributed by atoms with Crippen molar-refractivity contribution in [2.75, 3.05) is 28.1 Å². The number of halogens is 4. The van der Waals surface area contributed by atoms with E-state index >= 15 is 0 Å². The number of hydrogen-bond acceptors (Lipinski definition) is 7. The molecule has 0 aliphatic rings. The molecule has 8 nitrogen and oxygen atoms in total. The number of nitrogens with zero attached hydrogens (tertiary/aromatic N) is 2. The van der Waals surface area contributed by atoms with E-state index in [9.17, 15) is 18.0 Å². The number of hydrogen-bond donors (Lipinski definition) is 0. The maximum absolute atomic E-state index is 13.9. The van der Waals surface area contributed by atoms with Gasteiger partial charge in [0.1, 0.15) is 23.6 Å². The molecule has 2 rings (SSSR count). The summed E-state index contributed by atoms with van der Waals surface area (Å²) in [6.45, 7) is 1.71. The van der Waals surface area contributed by atoms with Gasteiger partial charge in [0.2, 0.25) is 5.88 Å². The molecule has 2 aromatic rings. The lowest BCUT2D eigenvalue weighted by Crippen LogP contribution is -2.22. The summed E-state index contributed by atoms with van der Waals surface area (Å²) in [4.78, 5) is 12.2. The van der Waals surface area contributed by atoms with Gasteiger partial charge in [-0.1, -0.05) is 37.6 Å². The highest BCUT2D eigenvalue weighted by atomic mass is 79.9. The third-order valence-electron chi connectivity index (χ3n) is 4.86. The molecule has 0 saturated heterocycles. The van der Waals surface area contributed by atoms with Crippen molar-refractivity contribution in [3.8, 4) is 5.88 Å². The van der Waals surface area contributed by atoms with Crippen LogP contribution >= 0.6 is 15.9 Å². The highest BCUT2D eigenvalue weighted by molar-refractivity contribution is 9.10. The standard InChI is InChI=1S/C23H28BrF3N2O6/c1-5-8-16(35-14-32-3)11-29-20(24)19(23(25,26)27)21(28-29)34-12-15-9-6-7-10-17(15)18(13-31-2)22(30)33-4/h6-7,9-10,13,16H,5,8,11-12,14H2,1-4H3/b18-13+. The number of carbonyl (C=O) groups excluding carboxylic acids is 1. The lowest BCUT2D eigenvalue weighted by Gasteiger charge is -2.17. The van der Waals surface area contributed by atoms with Crippen molar-refractivity contribution >= 4 is 27.5 Å². The smallest absolute Gasteiger partial charge is 0.424 e. The number of aromatic nitrogens is 2. The van der Waals surface area contributed by atoms with Gasteiger partial charge in [-0.3, -0.25) is 4.68 Å². The summed E-state index contributed by atoms with van der Waals surface area (Å²) >= 11 is 3.03. The van der Waals surface area contributed by atoms with E-state index in [0.29, 0.717) is 17.5 Å². The first-order valence-corrected chi connectivity index (χ1v) is 11.4. The van der Waals surface area contributed by atoms with Crippen LogP contribution in [-0.2, 0) is 43.1 Å². The molecule has 35 heavy (non-hydrogen) atoms. The van der Waals surface area contributed by atoms with E-state index < -0.39 is 29.7 Å². The number of methoxy groups -OCH3 is 3. The fourth-order valence-corrected chi connectivity index (χ4v) is 3.91. The number of rotatable bonds is 13. The molecule has 0 fully saturated rings. The van der Waals surface area contributed by atoms with Crippen molar-refractivity contribution in [2.45, 2.75) is 45.2 Å². The molecule has 1 aromatic carbocycles. The fourth-order valence-electron chi connectivity index (χ4n) is 3.29. The quantitative estimate of drug-likeness (QED) is 0.143. The molecule has 1 atom stereocenters. The van der Waals surface area contributed by atoms with Crippen LogP contribution in [0.2, 0.25) is 0 Å². The van der Waals surface area contributed by atoms with E-state index in [4.69, 9.17) is 23.7 Å². The van der Waals surface area contributed by atoms with Crippen molar-refractivity contribution in [2.24, 2.45) is 0 Å². The molecule has 1 unspecified atom stereocenters. The predicted molar refractivity (Wildman–Crippen MR) is 124 cm³/mol. The minimum atomic E-state index is -4.73. The molecule has 12 heteroatoms. The van der Waals surface area contributed by atoms with Crippen molar-refractivity contribution in [3.63, 3.8) is 0 Å². The Morgan fingerprint density at radius 2 is 1.94 bits per heavy atom. The Morgan fingerprint density at radius 1 is 1.23 bits per heavy atom. The highest BCUT2D eigenvalue weighted by Crippen LogP contribution is 2.41. The topological polar surface area (TPSA) is 81.0 Å². The molecule has 0 saturated carbocycles. The summed E-state index contributed by atoms with van der Waals surface area (Å²) < 4.78 is 68.4. The number of ether oxygens (including phenoxy) is 5. The van der Waals surface area contributed by atoms with Crippen molar-refractivity contribution in [3.05, 3.63) is 51.8 Å². The normalized spacial score (nSPS) is 13.0. The van der Waals surface area contributed by atoms with Crippen LogP contribution in [0.25, 0.3) is 5.57 Å². The molecule has 0 aliphatic carbocycles. The molecule has 0 bridgehead atoms. The van der Waals surface area contributed by atoms with Gasteiger partial charge in [-0.25, -0.2) is 4.79 Å². The van der Waals surface area contributed by atoms with Crippen LogP contribution < -0.4 is 4.74 Å². The molecular weight excluding hydrogens is 537 g/mol. The number of benzene rings is 1. The maximum Gasteiger partial charge on any atom is 0.424 e. The highest BCUT2D eigenvalue weighted by Gasteiger charge is 2.41. The van der Waals surface area contributed by atoms with Crippen LogP contribution in [0, 0.1) is 0 Å². The third-order valence-corrected chi connectivity index (χ3v) is 5.67. The summed E-state index contributed by atoms with van der Waals surface area (Å²) in [5.41, 5.74) is -0.122. The van der Waals surface area contributed by atoms with Gasteiger partial charge in [0.15, 0.2) is 5.56 Å². The van der Waals surface area contributed by atoms with Crippen molar-refractivity contribution < 1.29 is 41.7 Å². The van der Waals surface area contributed by atoms with Crippen LogP contribution in [0.5, 0.6) is 5.88 Å². The molecule has 0 amide bonds. The van der Waals surface area contributed by atoms with Crippen LogP contribution in [-0.4, -0.2) is 50.0 Å². The predicted octanol–water partition coefficient (Wildman–Crippen LogP) is 5.19. The van der Waals surface area contributed by atoms with Gasteiger partial charge in [0, 0.05) is 7.11 Å². The van der Waals surface area contributed by atoms with Gasteiger partial charge < -0.3 is 23.7 Å². The molecule has 0 N–H and O–H groups in total. The summed E-state index contributed by atoms with van der Waals surface area (Å²) in [6, 6.07) is 6.58. The van der Waals surface area contributed by atoms with E-state index in [1.165, 1.54) is 27.6 Å². The second-order valence-electron chi connectivity index (χ2n) is 7.34. The minimum absolute atomic E-state index is 0.00729. The van der Waals surface area contributed by atoms with E-state index in [0.717, 1.165) is 11.1 Å². The monoisotopic (exact) mass is 564 g/mol. The zero-order valence-corrected chi connectivity index (χ0v) is 21.4. The van der Waals surface area contributed by atoms with Gasteiger partial charge in [0.25, 0.3) is 0 Å². The van der Waals surface area contributed by atoms with Crippen molar-refractivity contribution in [1.82, 2.24) is 9.78 Å². The van der Waals surface area contributed by atoms with Gasteiger partial charge in [0.05, 0.1) is 33.1 Å². The van der Waals surface area contributed by atoms with Crippen molar-refractivity contribution in [1.29, 1.82) is 0 Å². The summed E-state index contributed by atoms with van der Waals surface area (Å²) in [5.74, 6) is -1.27. The van der Waals surface area contributed by atoms with E-state index in [1.807, 2.05) is 6.92 Å². The van der Waals surface area contributed by atoms with Crippen LogP contribution in [0.15, 0.2) is 35.1 Å². The minimum Gasteiger partial charge on any atom is -0.503 e. The van der Waals surface area contributed by atoms with Crippen LogP contribution in [0.1, 0.15) is 36.5 Å². The summed E-state index contributed by atoms with van der Waals surface area (Å²) in [7, 11) is 4.04. The number of esters is 1.